The second-order valence-electron chi connectivity index (χ2n) is 6.64. The molecule has 1 aromatic heterocycles. The molecule has 2 fully saturated rings. The van der Waals surface area contributed by atoms with Crippen molar-refractivity contribution in [1.82, 2.24) is 19.8 Å². The Morgan fingerprint density at radius 2 is 1.77 bits per heavy atom. The number of piperazine rings is 1. The molecule has 0 aromatic carbocycles. The Labute approximate surface area is 134 Å². The fourth-order valence-corrected chi connectivity index (χ4v) is 3.52. The van der Waals surface area contributed by atoms with Crippen LogP contribution in [0.3, 0.4) is 0 Å². The summed E-state index contributed by atoms with van der Waals surface area (Å²) >= 11 is 0. The lowest BCUT2D eigenvalue weighted by atomic mass is 10.1. The number of nitrogens with one attached hydrogen (secondary N) is 1. The van der Waals surface area contributed by atoms with Crippen molar-refractivity contribution in [3.8, 4) is 0 Å². The molecule has 0 amide bonds. The van der Waals surface area contributed by atoms with E-state index >= 15 is 0 Å². The molecule has 0 spiro atoms. The molecule has 5 nitrogen and oxygen atoms in total. The van der Waals surface area contributed by atoms with Gasteiger partial charge in [0, 0.05) is 45.1 Å². The molecule has 0 unspecified atom stereocenters. The fourth-order valence-electron chi connectivity index (χ4n) is 3.52. The third-order valence-electron chi connectivity index (χ3n) is 4.96. The third-order valence-corrected chi connectivity index (χ3v) is 4.96. The first-order chi connectivity index (χ1) is 10.9. The number of H-pyrrole nitrogens is 1. The van der Waals surface area contributed by atoms with Crippen LogP contribution in [0.5, 0.6) is 0 Å². The predicted molar refractivity (Wildman–Crippen MR) is 87.7 cm³/mol. The van der Waals surface area contributed by atoms with E-state index in [1.54, 1.807) is 0 Å². The normalized spacial score (nSPS) is 22.7. The first-order valence-corrected chi connectivity index (χ1v) is 8.95. The van der Waals surface area contributed by atoms with Gasteiger partial charge in [0.1, 0.15) is 5.82 Å². The molecule has 1 saturated carbocycles. The topological polar surface area (TPSA) is 44.4 Å². The average molecular weight is 306 g/mol. The number of hydrogen-bond donors (Lipinski definition) is 1. The van der Waals surface area contributed by atoms with Crippen LogP contribution in [0.2, 0.25) is 0 Å². The van der Waals surface area contributed by atoms with Crippen LogP contribution in [0, 0.1) is 0 Å². The van der Waals surface area contributed by atoms with E-state index in [9.17, 15) is 0 Å². The van der Waals surface area contributed by atoms with Gasteiger partial charge < -0.3 is 9.72 Å². The number of imidazole rings is 1. The van der Waals surface area contributed by atoms with Gasteiger partial charge >= 0.3 is 0 Å². The highest BCUT2D eigenvalue weighted by atomic mass is 16.5. The molecule has 1 N–H and O–H groups in total. The number of ether oxygens (including phenoxy) is 1. The van der Waals surface area contributed by atoms with Crippen molar-refractivity contribution in [2.24, 2.45) is 0 Å². The van der Waals surface area contributed by atoms with Gasteiger partial charge in [0.15, 0.2) is 0 Å². The lowest BCUT2D eigenvalue weighted by Crippen LogP contribution is -2.47. The van der Waals surface area contributed by atoms with E-state index in [1.165, 1.54) is 38.5 Å². The van der Waals surface area contributed by atoms with Gasteiger partial charge in [-0.3, -0.25) is 9.80 Å². The number of hydrogen-bond acceptors (Lipinski definition) is 4. The van der Waals surface area contributed by atoms with Crippen molar-refractivity contribution in [3.05, 3.63) is 18.2 Å². The van der Waals surface area contributed by atoms with Crippen LogP contribution in [0.4, 0.5) is 0 Å². The molecule has 1 aliphatic heterocycles. The molecule has 124 valence electrons. The van der Waals surface area contributed by atoms with E-state index < -0.39 is 0 Å². The van der Waals surface area contributed by atoms with Gasteiger partial charge in [-0.1, -0.05) is 25.7 Å². The summed E-state index contributed by atoms with van der Waals surface area (Å²) in [5.74, 6) is 1.07. The quantitative estimate of drug-likeness (QED) is 0.819. The Morgan fingerprint density at radius 3 is 2.45 bits per heavy atom. The Balaban J connectivity index is 1.28. The smallest absolute Gasteiger partial charge is 0.120 e. The minimum atomic E-state index is 0.530. The highest BCUT2D eigenvalue weighted by Crippen LogP contribution is 2.19. The monoisotopic (exact) mass is 306 g/mol. The summed E-state index contributed by atoms with van der Waals surface area (Å²) in [4.78, 5) is 12.5. The summed E-state index contributed by atoms with van der Waals surface area (Å²) in [6.07, 6.45) is 12.3. The van der Waals surface area contributed by atoms with Crippen LogP contribution in [0.15, 0.2) is 12.4 Å². The number of aromatic amines is 1. The van der Waals surface area contributed by atoms with Crippen LogP contribution in [-0.2, 0) is 11.3 Å². The zero-order valence-electron chi connectivity index (χ0n) is 13.7. The largest absolute Gasteiger partial charge is 0.377 e. The second kappa shape index (κ2) is 8.65. The van der Waals surface area contributed by atoms with Gasteiger partial charge in [-0.25, -0.2) is 4.98 Å². The molecule has 1 saturated heterocycles. The lowest BCUT2D eigenvalue weighted by Gasteiger charge is -2.34. The maximum absolute atomic E-state index is 6.11. The molecule has 1 aromatic rings. The molecule has 5 heteroatoms. The SMILES string of the molecule is c1c[nH]c(CN2CCN(CCOC3CCCCCC3)CC2)n1. The van der Waals surface area contributed by atoms with Crippen molar-refractivity contribution in [1.29, 1.82) is 0 Å². The summed E-state index contributed by atoms with van der Waals surface area (Å²) in [5.41, 5.74) is 0. The van der Waals surface area contributed by atoms with E-state index in [0.717, 1.165) is 51.7 Å². The summed E-state index contributed by atoms with van der Waals surface area (Å²) in [5, 5.41) is 0. The highest BCUT2D eigenvalue weighted by molar-refractivity contribution is 4.88. The molecule has 22 heavy (non-hydrogen) atoms. The number of aromatic nitrogens is 2. The van der Waals surface area contributed by atoms with E-state index in [1.807, 2.05) is 12.4 Å². The fraction of sp³-hybridized carbons (Fsp3) is 0.824. The van der Waals surface area contributed by atoms with E-state index in [0.29, 0.717) is 6.10 Å². The predicted octanol–water partition coefficient (Wildman–Crippen LogP) is 2.27. The maximum atomic E-state index is 6.11. The third kappa shape index (κ3) is 5.07. The average Bonchev–Trinajstić information content (AvgIpc) is 2.91. The molecule has 1 aliphatic carbocycles. The molecule has 3 rings (SSSR count). The van der Waals surface area contributed by atoms with Crippen LogP contribution in [-0.4, -0.2) is 65.2 Å². The van der Waals surface area contributed by atoms with Gasteiger partial charge in [0.2, 0.25) is 0 Å². The van der Waals surface area contributed by atoms with Crippen molar-refractivity contribution in [2.75, 3.05) is 39.3 Å². The van der Waals surface area contributed by atoms with Crippen LogP contribution in [0.25, 0.3) is 0 Å². The first kappa shape index (κ1) is 16.0. The first-order valence-electron chi connectivity index (χ1n) is 8.95. The summed E-state index contributed by atoms with van der Waals surface area (Å²) in [7, 11) is 0. The molecule has 2 heterocycles. The molecule has 0 atom stereocenters. The van der Waals surface area contributed by atoms with Crippen molar-refractivity contribution in [2.45, 2.75) is 51.2 Å². The molecule has 2 aliphatic rings. The van der Waals surface area contributed by atoms with E-state index in [-0.39, 0.29) is 0 Å². The highest BCUT2D eigenvalue weighted by Gasteiger charge is 2.18. The van der Waals surface area contributed by atoms with Gasteiger partial charge in [-0.2, -0.15) is 0 Å². The Bertz CT molecular complexity index is 393. The van der Waals surface area contributed by atoms with Crippen LogP contribution < -0.4 is 0 Å². The van der Waals surface area contributed by atoms with Crippen LogP contribution in [0.1, 0.15) is 44.3 Å². The van der Waals surface area contributed by atoms with Gasteiger partial charge in [0.25, 0.3) is 0 Å². The van der Waals surface area contributed by atoms with Gasteiger partial charge in [-0.05, 0) is 12.8 Å². The van der Waals surface area contributed by atoms with Crippen LogP contribution >= 0.6 is 0 Å². The summed E-state index contributed by atoms with van der Waals surface area (Å²) in [6.45, 7) is 7.49. The summed E-state index contributed by atoms with van der Waals surface area (Å²) in [6, 6.07) is 0. The maximum Gasteiger partial charge on any atom is 0.120 e. The molecule has 0 radical (unpaired) electrons. The molecular weight excluding hydrogens is 276 g/mol. The van der Waals surface area contributed by atoms with Crippen molar-refractivity contribution >= 4 is 0 Å². The zero-order chi connectivity index (χ0) is 15.0. The van der Waals surface area contributed by atoms with Crippen molar-refractivity contribution < 1.29 is 4.74 Å². The number of nitrogens with zero attached hydrogens (tertiary/aromatic N) is 3. The second-order valence-corrected chi connectivity index (χ2v) is 6.64. The Kier molecular flexibility index (Phi) is 6.28. The lowest BCUT2D eigenvalue weighted by molar-refractivity contribution is 0.0195. The number of rotatable bonds is 6. The molecular formula is C17H30N4O. The minimum Gasteiger partial charge on any atom is -0.377 e. The Hall–Kier alpha value is -0.910. The van der Waals surface area contributed by atoms with E-state index in [2.05, 4.69) is 19.8 Å². The summed E-state index contributed by atoms with van der Waals surface area (Å²) < 4.78 is 6.11. The van der Waals surface area contributed by atoms with Crippen molar-refractivity contribution in [3.63, 3.8) is 0 Å². The Morgan fingerprint density at radius 1 is 1.05 bits per heavy atom. The standard InChI is InChI=1S/C17H30N4O/c1-2-4-6-16(5-3-1)22-14-13-20-9-11-21(12-10-20)15-17-18-7-8-19-17/h7-8,16H,1-6,9-15H2,(H,18,19). The van der Waals surface area contributed by atoms with E-state index in [4.69, 9.17) is 4.74 Å². The van der Waals surface area contributed by atoms with Gasteiger partial charge in [-0.15, -0.1) is 0 Å². The zero-order valence-corrected chi connectivity index (χ0v) is 13.7. The molecule has 0 bridgehead atoms. The van der Waals surface area contributed by atoms with Gasteiger partial charge in [0.05, 0.1) is 19.3 Å². The minimum absolute atomic E-state index is 0.530.